The number of halogens is 1. The predicted octanol–water partition coefficient (Wildman–Crippen LogP) is 2.35. The number of nitrogens with two attached hydrogens (primary N) is 1. The average molecular weight is 314 g/mol. The fourth-order valence-electron chi connectivity index (χ4n) is 1.71. The Morgan fingerprint density at radius 1 is 1.09 bits per heavy atom. The van der Waals surface area contributed by atoms with E-state index in [-0.39, 0.29) is 11.6 Å². The second-order valence-corrected chi connectivity index (χ2v) is 4.71. The van der Waals surface area contributed by atoms with Crippen LogP contribution in [0, 0.1) is 5.82 Å². The molecule has 2 rings (SSSR count). The van der Waals surface area contributed by atoms with Crippen LogP contribution in [0.1, 0.15) is 17.3 Å². The first-order chi connectivity index (χ1) is 11.0. The summed E-state index contributed by atoms with van der Waals surface area (Å²) in [7, 11) is 0. The Morgan fingerprint density at radius 2 is 1.78 bits per heavy atom. The lowest BCUT2D eigenvalue weighted by molar-refractivity contribution is -0.110. The number of hydrazone groups is 1. The topological polar surface area (TPSA) is 96.6 Å². The van der Waals surface area contributed by atoms with Gasteiger partial charge in [0.05, 0.1) is 5.69 Å². The average Bonchev–Trinajstić information content (AvgIpc) is 2.55. The minimum Gasteiger partial charge on any atom is -0.378 e. The van der Waals surface area contributed by atoms with E-state index in [1.807, 2.05) is 0 Å². The molecule has 0 aromatic heterocycles. The molecule has 2 aromatic carbocycles. The molecule has 2 aromatic rings. The summed E-state index contributed by atoms with van der Waals surface area (Å²) in [6.07, 6.45) is 0. The van der Waals surface area contributed by atoms with E-state index < -0.39 is 11.7 Å². The fraction of sp³-hybridized carbons (Fsp3) is 0.0625. The predicted molar refractivity (Wildman–Crippen MR) is 86.7 cm³/mol. The Balaban J connectivity index is 2.01. The zero-order valence-electron chi connectivity index (χ0n) is 12.3. The van der Waals surface area contributed by atoms with E-state index in [0.717, 1.165) is 0 Å². The Hall–Kier alpha value is -3.22. The minimum absolute atomic E-state index is 0.0837. The van der Waals surface area contributed by atoms with E-state index >= 15 is 0 Å². The van der Waals surface area contributed by atoms with Crippen LogP contribution < -0.4 is 16.5 Å². The maximum Gasteiger partial charge on any atom is 0.292 e. The standard InChI is InChI=1S/C16H15FN4O2/c1-10(22)11-3-2-4-14(9-11)20-21-15(18)16(23)19-13-7-5-12(17)6-8-13/h2-9,20H,1H3,(H2,18,21)(H,19,23). The van der Waals surface area contributed by atoms with Gasteiger partial charge in [0.15, 0.2) is 5.78 Å². The molecule has 118 valence electrons. The number of benzene rings is 2. The molecule has 7 heteroatoms. The normalized spacial score (nSPS) is 11.0. The molecular weight excluding hydrogens is 299 g/mol. The number of hydrogen-bond acceptors (Lipinski definition) is 4. The van der Waals surface area contributed by atoms with Crippen LogP contribution in [0.2, 0.25) is 0 Å². The van der Waals surface area contributed by atoms with Crippen LogP contribution in [0.5, 0.6) is 0 Å². The Morgan fingerprint density at radius 3 is 2.43 bits per heavy atom. The van der Waals surface area contributed by atoms with Crippen molar-refractivity contribution >= 4 is 28.9 Å². The van der Waals surface area contributed by atoms with E-state index in [1.54, 1.807) is 24.3 Å². The number of amides is 1. The number of amidine groups is 1. The van der Waals surface area contributed by atoms with Crippen molar-refractivity contribution in [1.29, 1.82) is 0 Å². The molecule has 0 radical (unpaired) electrons. The van der Waals surface area contributed by atoms with Gasteiger partial charge < -0.3 is 11.1 Å². The number of ketones is 1. The number of carbonyl (C=O) groups excluding carboxylic acids is 2. The fourth-order valence-corrected chi connectivity index (χ4v) is 1.71. The number of nitrogens with one attached hydrogen (secondary N) is 2. The number of hydrogen-bond donors (Lipinski definition) is 3. The van der Waals surface area contributed by atoms with Crippen LogP contribution in [-0.2, 0) is 4.79 Å². The molecule has 0 unspecified atom stereocenters. The quantitative estimate of drug-likeness (QED) is 0.349. The van der Waals surface area contributed by atoms with Crippen LogP contribution in [0.25, 0.3) is 0 Å². The number of Topliss-reactive ketones (excluding diaryl/α,β-unsaturated/α-hetero) is 1. The summed E-state index contributed by atoms with van der Waals surface area (Å²) in [6.45, 7) is 1.45. The van der Waals surface area contributed by atoms with Gasteiger partial charge >= 0.3 is 0 Å². The van der Waals surface area contributed by atoms with Gasteiger partial charge in [0.2, 0.25) is 5.84 Å². The molecule has 0 atom stereocenters. The van der Waals surface area contributed by atoms with Crippen LogP contribution in [0.15, 0.2) is 53.6 Å². The summed E-state index contributed by atoms with van der Waals surface area (Å²) >= 11 is 0. The molecule has 0 fully saturated rings. The highest BCUT2D eigenvalue weighted by Crippen LogP contribution is 2.11. The van der Waals surface area contributed by atoms with Crippen molar-refractivity contribution < 1.29 is 14.0 Å². The minimum atomic E-state index is -0.633. The van der Waals surface area contributed by atoms with E-state index in [9.17, 15) is 14.0 Å². The van der Waals surface area contributed by atoms with Gasteiger partial charge in [0.25, 0.3) is 5.91 Å². The molecule has 0 saturated carbocycles. The van der Waals surface area contributed by atoms with Gasteiger partial charge in [-0.2, -0.15) is 5.10 Å². The Kier molecular flexibility index (Phi) is 5.03. The monoisotopic (exact) mass is 314 g/mol. The van der Waals surface area contributed by atoms with Crippen molar-refractivity contribution in [1.82, 2.24) is 0 Å². The molecule has 0 aliphatic heterocycles. The zero-order chi connectivity index (χ0) is 16.8. The lowest BCUT2D eigenvalue weighted by Crippen LogP contribution is -2.31. The van der Waals surface area contributed by atoms with Gasteiger partial charge in [-0.15, -0.1) is 0 Å². The summed E-state index contributed by atoms with van der Waals surface area (Å²) in [5.74, 6) is -1.43. The van der Waals surface area contributed by atoms with E-state index in [2.05, 4.69) is 15.8 Å². The molecule has 1 amide bonds. The van der Waals surface area contributed by atoms with Gasteiger partial charge in [0.1, 0.15) is 5.82 Å². The first kappa shape index (κ1) is 16.2. The third-order valence-corrected chi connectivity index (χ3v) is 2.91. The van der Waals surface area contributed by atoms with Gasteiger partial charge in [0, 0.05) is 11.3 Å². The van der Waals surface area contributed by atoms with Gasteiger partial charge in [-0.1, -0.05) is 12.1 Å². The summed E-state index contributed by atoms with van der Waals surface area (Å²) < 4.78 is 12.8. The molecule has 6 nitrogen and oxygen atoms in total. The highest BCUT2D eigenvalue weighted by Gasteiger charge is 2.08. The van der Waals surface area contributed by atoms with Crippen LogP contribution >= 0.6 is 0 Å². The van der Waals surface area contributed by atoms with Crippen molar-refractivity contribution in [3.63, 3.8) is 0 Å². The maximum atomic E-state index is 12.8. The van der Waals surface area contributed by atoms with Crippen molar-refractivity contribution in [2.45, 2.75) is 6.92 Å². The van der Waals surface area contributed by atoms with E-state index in [1.165, 1.54) is 31.2 Å². The molecule has 0 aliphatic rings. The molecule has 23 heavy (non-hydrogen) atoms. The zero-order valence-corrected chi connectivity index (χ0v) is 12.3. The van der Waals surface area contributed by atoms with Crippen LogP contribution in [0.4, 0.5) is 15.8 Å². The summed E-state index contributed by atoms with van der Waals surface area (Å²) in [5.41, 5.74) is 9.61. The van der Waals surface area contributed by atoms with Crippen LogP contribution in [0.3, 0.4) is 0 Å². The van der Waals surface area contributed by atoms with Gasteiger partial charge in [-0.25, -0.2) is 4.39 Å². The summed E-state index contributed by atoms with van der Waals surface area (Å²) in [6, 6.07) is 11.9. The number of rotatable bonds is 4. The van der Waals surface area contributed by atoms with Crippen molar-refractivity contribution in [2.24, 2.45) is 10.8 Å². The first-order valence-electron chi connectivity index (χ1n) is 6.73. The largest absolute Gasteiger partial charge is 0.378 e. The van der Waals surface area contributed by atoms with Crippen molar-refractivity contribution in [3.8, 4) is 0 Å². The summed E-state index contributed by atoms with van der Waals surface area (Å²) in [4.78, 5) is 23.1. The molecule has 0 aliphatic carbocycles. The molecule has 0 spiro atoms. The van der Waals surface area contributed by atoms with Crippen LogP contribution in [-0.4, -0.2) is 17.5 Å². The molecule has 0 saturated heterocycles. The third kappa shape index (κ3) is 4.63. The molecular formula is C16H15FN4O2. The second-order valence-electron chi connectivity index (χ2n) is 4.71. The lowest BCUT2D eigenvalue weighted by atomic mass is 10.1. The first-order valence-corrected chi connectivity index (χ1v) is 6.73. The second kappa shape index (κ2) is 7.17. The van der Waals surface area contributed by atoms with Gasteiger partial charge in [-0.3, -0.25) is 15.0 Å². The maximum absolute atomic E-state index is 12.8. The van der Waals surface area contributed by atoms with E-state index in [0.29, 0.717) is 16.9 Å². The third-order valence-electron chi connectivity index (χ3n) is 2.91. The number of carbonyl (C=O) groups is 2. The Labute approximate surface area is 132 Å². The van der Waals surface area contributed by atoms with Gasteiger partial charge in [-0.05, 0) is 43.3 Å². The smallest absolute Gasteiger partial charge is 0.292 e. The SMILES string of the molecule is CC(=O)c1cccc(NN=C(N)C(=O)Nc2ccc(F)cc2)c1. The number of nitrogens with zero attached hydrogens (tertiary/aromatic N) is 1. The Bertz CT molecular complexity index is 757. The van der Waals surface area contributed by atoms with E-state index in [4.69, 9.17) is 5.73 Å². The molecule has 4 N–H and O–H groups in total. The lowest BCUT2D eigenvalue weighted by Gasteiger charge is -2.06. The highest BCUT2D eigenvalue weighted by atomic mass is 19.1. The highest BCUT2D eigenvalue weighted by molar-refractivity contribution is 6.41. The molecule has 0 heterocycles. The summed E-state index contributed by atoms with van der Waals surface area (Å²) in [5, 5.41) is 6.23. The number of anilines is 2. The van der Waals surface area contributed by atoms with Crippen molar-refractivity contribution in [2.75, 3.05) is 10.7 Å². The molecule has 0 bridgehead atoms. The van der Waals surface area contributed by atoms with Crippen molar-refractivity contribution in [3.05, 3.63) is 59.9 Å².